The summed E-state index contributed by atoms with van der Waals surface area (Å²) in [5.74, 6) is -0.191. The summed E-state index contributed by atoms with van der Waals surface area (Å²) in [6.07, 6.45) is 1.27. The van der Waals surface area contributed by atoms with Gasteiger partial charge < -0.3 is 5.73 Å². The third-order valence-corrected chi connectivity index (χ3v) is 0.966. The highest BCUT2D eigenvalue weighted by molar-refractivity contribution is 6.34. The summed E-state index contributed by atoms with van der Waals surface area (Å²) in [6, 6.07) is 0. The van der Waals surface area contributed by atoms with Crippen molar-refractivity contribution < 1.29 is 4.39 Å². The third-order valence-electron chi connectivity index (χ3n) is 0.663. The van der Waals surface area contributed by atoms with Crippen LogP contribution in [0.25, 0.3) is 0 Å². The maximum atomic E-state index is 11.7. The minimum atomic E-state index is -0.835. The Labute approximate surface area is 74.2 Å². The van der Waals surface area contributed by atoms with Crippen molar-refractivity contribution in [2.75, 3.05) is 6.67 Å². The molecular formula is C6H7Cl2FN2. The molecule has 62 valence electrons. The fourth-order valence-corrected chi connectivity index (χ4v) is 0.728. The molecule has 0 saturated heterocycles. The number of hydrogen-bond acceptors (Lipinski definition) is 1. The van der Waals surface area contributed by atoms with Gasteiger partial charge >= 0.3 is 0 Å². The first-order valence-electron chi connectivity index (χ1n) is 2.67. The van der Waals surface area contributed by atoms with E-state index in [-0.39, 0.29) is 16.0 Å². The highest BCUT2D eigenvalue weighted by Crippen LogP contribution is 2.09. The monoisotopic (exact) mass is 196 g/mol. The van der Waals surface area contributed by atoms with E-state index >= 15 is 0 Å². The van der Waals surface area contributed by atoms with Gasteiger partial charge in [0.2, 0.25) is 0 Å². The summed E-state index contributed by atoms with van der Waals surface area (Å²) in [4.78, 5) is 3.44. The summed E-state index contributed by atoms with van der Waals surface area (Å²) in [5, 5.41) is 0.227. The number of aliphatic imine (C=N–C) groups is 1. The molecule has 2 N–H and O–H groups in total. The highest BCUT2D eigenvalue weighted by Gasteiger charge is 1.92. The number of alkyl halides is 1. The van der Waals surface area contributed by atoms with Gasteiger partial charge in [-0.05, 0) is 6.08 Å². The van der Waals surface area contributed by atoms with E-state index in [1.165, 1.54) is 6.08 Å². The molecular weight excluding hydrogens is 190 g/mol. The van der Waals surface area contributed by atoms with Gasteiger partial charge in [-0.1, -0.05) is 29.8 Å². The Balaban J connectivity index is 4.26. The molecule has 0 aromatic carbocycles. The van der Waals surface area contributed by atoms with Gasteiger partial charge in [-0.15, -0.1) is 0 Å². The molecule has 0 aromatic heterocycles. The smallest absolute Gasteiger partial charge is 0.147 e. The zero-order valence-electron chi connectivity index (χ0n) is 5.65. The molecule has 0 aliphatic heterocycles. The van der Waals surface area contributed by atoms with Gasteiger partial charge in [-0.2, -0.15) is 0 Å². The second-order valence-electron chi connectivity index (χ2n) is 1.65. The molecule has 11 heavy (non-hydrogen) atoms. The second-order valence-corrected chi connectivity index (χ2v) is 2.52. The van der Waals surface area contributed by atoms with Crippen LogP contribution in [0.4, 0.5) is 4.39 Å². The average Bonchev–Trinajstić information content (AvgIpc) is 1.85. The van der Waals surface area contributed by atoms with Crippen LogP contribution in [0.1, 0.15) is 0 Å². The first kappa shape index (κ1) is 10.5. The Morgan fingerprint density at radius 1 is 1.64 bits per heavy atom. The maximum Gasteiger partial charge on any atom is 0.147 e. The van der Waals surface area contributed by atoms with Crippen molar-refractivity contribution in [1.82, 2.24) is 0 Å². The van der Waals surface area contributed by atoms with Crippen molar-refractivity contribution in [3.05, 3.63) is 22.8 Å². The van der Waals surface area contributed by atoms with Crippen LogP contribution in [-0.2, 0) is 0 Å². The largest absolute Gasteiger partial charge is 0.385 e. The number of halogens is 3. The third kappa shape index (κ3) is 5.88. The Morgan fingerprint density at radius 2 is 2.18 bits per heavy atom. The molecule has 0 rings (SSSR count). The van der Waals surface area contributed by atoms with E-state index in [0.717, 1.165) is 0 Å². The average molecular weight is 197 g/mol. The van der Waals surface area contributed by atoms with Crippen molar-refractivity contribution in [3.63, 3.8) is 0 Å². The molecule has 0 fully saturated rings. The van der Waals surface area contributed by atoms with Crippen LogP contribution in [-0.4, -0.2) is 12.5 Å². The van der Waals surface area contributed by atoms with Gasteiger partial charge in [-0.25, -0.2) is 9.38 Å². The molecule has 0 aromatic rings. The van der Waals surface area contributed by atoms with Crippen molar-refractivity contribution in [1.29, 1.82) is 0 Å². The van der Waals surface area contributed by atoms with E-state index < -0.39 is 6.67 Å². The molecule has 5 heteroatoms. The summed E-state index contributed by atoms with van der Waals surface area (Å²) in [6.45, 7) is 2.49. The molecule has 0 amide bonds. The molecule has 0 radical (unpaired) electrons. The lowest BCUT2D eigenvalue weighted by Gasteiger charge is -1.91. The number of nitrogens with zero attached hydrogens (tertiary/aromatic N) is 1. The minimum Gasteiger partial charge on any atom is -0.385 e. The Bertz CT molecular complexity index is 211. The highest BCUT2D eigenvalue weighted by atomic mass is 35.5. The standard InChI is InChI=1S/C6H7Cl2FN2/c1-4(7)2-5(8)11-6(10)3-9/h2H,1,3H2,(H2,10,11)/b5-2-. The number of amidine groups is 1. The van der Waals surface area contributed by atoms with E-state index in [4.69, 9.17) is 28.9 Å². The van der Waals surface area contributed by atoms with Gasteiger partial charge in [0.15, 0.2) is 0 Å². The van der Waals surface area contributed by atoms with E-state index in [0.29, 0.717) is 0 Å². The Hall–Kier alpha value is -0.540. The molecule has 0 bridgehead atoms. The first-order chi connectivity index (χ1) is 5.06. The van der Waals surface area contributed by atoms with Crippen LogP contribution < -0.4 is 5.73 Å². The molecule has 2 nitrogen and oxygen atoms in total. The number of hydrogen-bond donors (Lipinski definition) is 1. The fraction of sp³-hybridized carbons (Fsp3) is 0.167. The lowest BCUT2D eigenvalue weighted by atomic mass is 10.6. The van der Waals surface area contributed by atoms with Gasteiger partial charge in [0.1, 0.15) is 17.7 Å². The Kier molecular flexibility index (Phi) is 4.90. The predicted octanol–water partition coefficient (Wildman–Crippen LogP) is 2.15. The Morgan fingerprint density at radius 3 is 2.55 bits per heavy atom. The normalized spacial score (nSPS) is 13.4. The summed E-state index contributed by atoms with van der Waals surface area (Å²) in [5.41, 5.74) is 5.03. The molecule has 0 aliphatic rings. The summed E-state index contributed by atoms with van der Waals surface area (Å²) >= 11 is 10.8. The molecule has 0 unspecified atom stereocenters. The summed E-state index contributed by atoms with van der Waals surface area (Å²) < 4.78 is 11.7. The molecule has 0 saturated carbocycles. The quantitative estimate of drug-likeness (QED) is 0.320. The van der Waals surface area contributed by atoms with Crippen LogP contribution in [0.5, 0.6) is 0 Å². The molecule has 0 aliphatic carbocycles. The SMILES string of the molecule is C=C(Cl)/C=C(/Cl)N=C(N)CF. The minimum absolute atomic E-state index is 0.0140. The lowest BCUT2D eigenvalue weighted by Crippen LogP contribution is -2.13. The van der Waals surface area contributed by atoms with Crippen LogP contribution in [0.15, 0.2) is 27.8 Å². The number of nitrogens with two attached hydrogens (primary N) is 1. The van der Waals surface area contributed by atoms with Crippen LogP contribution in [0, 0.1) is 0 Å². The van der Waals surface area contributed by atoms with Crippen molar-refractivity contribution in [2.24, 2.45) is 10.7 Å². The number of allylic oxidation sites excluding steroid dienone is 2. The molecule has 0 spiro atoms. The van der Waals surface area contributed by atoms with Crippen molar-refractivity contribution in [2.45, 2.75) is 0 Å². The van der Waals surface area contributed by atoms with Crippen molar-refractivity contribution >= 4 is 29.0 Å². The van der Waals surface area contributed by atoms with E-state index in [2.05, 4.69) is 11.6 Å². The van der Waals surface area contributed by atoms with Gasteiger partial charge in [0, 0.05) is 5.03 Å². The lowest BCUT2D eigenvalue weighted by molar-refractivity contribution is 0.579. The van der Waals surface area contributed by atoms with Crippen LogP contribution >= 0.6 is 23.2 Å². The summed E-state index contributed by atoms with van der Waals surface area (Å²) in [7, 11) is 0. The van der Waals surface area contributed by atoms with Gasteiger partial charge in [0.05, 0.1) is 0 Å². The fourth-order valence-electron chi connectivity index (χ4n) is 0.329. The number of rotatable bonds is 3. The topological polar surface area (TPSA) is 38.4 Å². The predicted molar refractivity (Wildman–Crippen MR) is 46.5 cm³/mol. The van der Waals surface area contributed by atoms with Gasteiger partial charge in [-0.3, -0.25) is 0 Å². The molecule has 0 atom stereocenters. The zero-order valence-corrected chi connectivity index (χ0v) is 7.16. The van der Waals surface area contributed by atoms with Crippen LogP contribution in [0.3, 0.4) is 0 Å². The van der Waals surface area contributed by atoms with E-state index in [9.17, 15) is 4.39 Å². The first-order valence-corrected chi connectivity index (χ1v) is 3.42. The van der Waals surface area contributed by atoms with Gasteiger partial charge in [0.25, 0.3) is 0 Å². The second kappa shape index (κ2) is 5.16. The van der Waals surface area contributed by atoms with E-state index in [1.807, 2.05) is 0 Å². The molecule has 0 heterocycles. The maximum absolute atomic E-state index is 11.7. The zero-order chi connectivity index (χ0) is 8.85. The van der Waals surface area contributed by atoms with E-state index in [1.54, 1.807) is 0 Å². The van der Waals surface area contributed by atoms with Crippen molar-refractivity contribution in [3.8, 4) is 0 Å². The van der Waals surface area contributed by atoms with Crippen LogP contribution in [0.2, 0.25) is 0 Å².